The van der Waals surface area contributed by atoms with E-state index in [1.807, 2.05) is 0 Å². The molecule has 0 unspecified atom stereocenters. The average Bonchev–Trinajstić information content (AvgIpc) is 2.93. The third kappa shape index (κ3) is 4.94. The summed E-state index contributed by atoms with van der Waals surface area (Å²) in [5.41, 5.74) is 0.191. The van der Waals surface area contributed by atoms with Crippen molar-refractivity contribution >= 4 is 5.91 Å². The fraction of sp³-hybridized carbons (Fsp3) is 0.562. The van der Waals surface area contributed by atoms with E-state index in [9.17, 15) is 18.0 Å². The van der Waals surface area contributed by atoms with Gasteiger partial charge in [-0.1, -0.05) is 12.1 Å². The predicted octanol–water partition coefficient (Wildman–Crippen LogP) is 2.43. The molecule has 2 atom stereocenters. The molecule has 1 aliphatic heterocycles. The van der Waals surface area contributed by atoms with E-state index in [0.717, 1.165) is 30.7 Å². The summed E-state index contributed by atoms with van der Waals surface area (Å²) in [6.07, 6.45) is -3.97. The van der Waals surface area contributed by atoms with Gasteiger partial charge in [0.25, 0.3) is 0 Å². The SMILES string of the molecule is CO[C@H](C)C(=O)N[C@@H]1CCN(Cc2ccc(C(F)(F)F)cc2)C1. The fourth-order valence-corrected chi connectivity index (χ4v) is 2.58. The maximum absolute atomic E-state index is 12.5. The van der Waals surface area contributed by atoms with E-state index in [-0.39, 0.29) is 11.9 Å². The van der Waals surface area contributed by atoms with Gasteiger partial charge in [-0.05, 0) is 31.0 Å². The van der Waals surface area contributed by atoms with Crippen molar-refractivity contribution in [1.29, 1.82) is 0 Å². The van der Waals surface area contributed by atoms with Crippen molar-refractivity contribution in [2.45, 2.75) is 38.2 Å². The van der Waals surface area contributed by atoms with Crippen molar-refractivity contribution < 1.29 is 22.7 Å². The quantitative estimate of drug-likeness (QED) is 0.902. The molecule has 0 aliphatic carbocycles. The van der Waals surface area contributed by atoms with E-state index < -0.39 is 17.8 Å². The molecule has 1 aromatic rings. The van der Waals surface area contributed by atoms with Crippen molar-refractivity contribution in [1.82, 2.24) is 10.2 Å². The van der Waals surface area contributed by atoms with Gasteiger partial charge in [0.05, 0.1) is 5.56 Å². The van der Waals surface area contributed by atoms with Crippen LogP contribution in [0.5, 0.6) is 0 Å². The van der Waals surface area contributed by atoms with Gasteiger partial charge in [-0.2, -0.15) is 13.2 Å². The summed E-state index contributed by atoms with van der Waals surface area (Å²) in [5, 5.41) is 2.92. The lowest BCUT2D eigenvalue weighted by molar-refractivity contribution is -0.137. The third-order valence-electron chi connectivity index (χ3n) is 4.03. The van der Waals surface area contributed by atoms with Crippen LogP contribution in [0.1, 0.15) is 24.5 Å². The Morgan fingerprint density at radius 1 is 1.39 bits per heavy atom. The number of amides is 1. The molecule has 1 amide bonds. The zero-order chi connectivity index (χ0) is 17.0. The Labute approximate surface area is 133 Å². The number of hydrogen-bond donors (Lipinski definition) is 1. The minimum atomic E-state index is -4.31. The maximum atomic E-state index is 12.5. The van der Waals surface area contributed by atoms with Gasteiger partial charge in [-0.3, -0.25) is 9.69 Å². The largest absolute Gasteiger partial charge is 0.416 e. The van der Waals surface area contributed by atoms with Gasteiger partial charge in [-0.15, -0.1) is 0 Å². The smallest absolute Gasteiger partial charge is 0.372 e. The molecule has 0 spiro atoms. The number of rotatable bonds is 5. The summed E-state index contributed by atoms with van der Waals surface area (Å²) in [6.45, 7) is 3.74. The van der Waals surface area contributed by atoms with Gasteiger partial charge in [0.2, 0.25) is 5.91 Å². The monoisotopic (exact) mass is 330 g/mol. The van der Waals surface area contributed by atoms with Crippen LogP contribution < -0.4 is 5.32 Å². The van der Waals surface area contributed by atoms with Crippen LogP contribution in [0.15, 0.2) is 24.3 Å². The number of halogens is 3. The molecule has 1 N–H and O–H groups in total. The van der Waals surface area contributed by atoms with Crippen molar-refractivity contribution in [2.24, 2.45) is 0 Å². The van der Waals surface area contributed by atoms with Crippen LogP contribution in [-0.4, -0.2) is 43.2 Å². The van der Waals surface area contributed by atoms with E-state index in [1.54, 1.807) is 6.92 Å². The summed E-state index contributed by atoms with van der Waals surface area (Å²) in [5.74, 6) is -0.145. The van der Waals surface area contributed by atoms with E-state index in [4.69, 9.17) is 4.74 Å². The molecular weight excluding hydrogens is 309 g/mol. The number of nitrogens with one attached hydrogen (secondary N) is 1. The highest BCUT2D eigenvalue weighted by Gasteiger charge is 2.30. The number of ether oxygens (including phenoxy) is 1. The van der Waals surface area contributed by atoms with Gasteiger partial charge < -0.3 is 10.1 Å². The first-order valence-corrected chi connectivity index (χ1v) is 7.51. The van der Waals surface area contributed by atoms with Crippen LogP contribution in [0.3, 0.4) is 0 Å². The molecule has 0 aromatic heterocycles. The Kier molecular flexibility index (Phi) is 5.64. The summed E-state index contributed by atoms with van der Waals surface area (Å²) >= 11 is 0. The molecule has 0 saturated carbocycles. The Morgan fingerprint density at radius 2 is 2.04 bits per heavy atom. The molecule has 1 aromatic carbocycles. The Morgan fingerprint density at radius 3 is 2.61 bits per heavy atom. The first-order chi connectivity index (χ1) is 10.8. The molecule has 0 bridgehead atoms. The summed E-state index contributed by atoms with van der Waals surface area (Å²) < 4.78 is 42.6. The van der Waals surface area contributed by atoms with E-state index in [2.05, 4.69) is 10.2 Å². The highest BCUT2D eigenvalue weighted by Crippen LogP contribution is 2.29. The molecule has 1 heterocycles. The molecule has 1 saturated heterocycles. The lowest BCUT2D eigenvalue weighted by Gasteiger charge is -2.18. The second-order valence-electron chi connectivity index (χ2n) is 5.80. The van der Waals surface area contributed by atoms with Crippen LogP contribution in [0.2, 0.25) is 0 Å². The third-order valence-corrected chi connectivity index (χ3v) is 4.03. The second kappa shape index (κ2) is 7.31. The van der Waals surface area contributed by atoms with Crippen molar-refractivity contribution in [3.8, 4) is 0 Å². The van der Waals surface area contributed by atoms with Crippen LogP contribution >= 0.6 is 0 Å². The van der Waals surface area contributed by atoms with Crippen LogP contribution in [0, 0.1) is 0 Å². The summed E-state index contributed by atoms with van der Waals surface area (Å²) in [4.78, 5) is 13.9. The molecule has 4 nitrogen and oxygen atoms in total. The summed E-state index contributed by atoms with van der Waals surface area (Å²) in [6, 6.07) is 5.26. The maximum Gasteiger partial charge on any atom is 0.416 e. The number of alkyl halides is 3. The Bertz CT molecular complexity index is 531. The lowest BCUT2D eigenvalue weighted by Crippen LogP contribution is -2.42. The van der Waals surface area contributed by atoms with Crippen LogP contribution in [-0.2, 0) is 22.3 Å². The minimum Gasteiger partial charge on any atom is -0.372 e. The van der Waals surface area contributed by atoms with Crippen LogP contribution in [0.4, 0.5) is 13.2 Å². The predicted molar refractivity (Wildman–Crippen MR) is 79.7 cm³/mol. The van der Waals surface area contributed by atoms with E-state index >= 15 is 0 Å². The average molecular weight is 330 g/mol. The van der Waals surface area contributed by atoms with Gasteiger partial charge in [-0.25, -0.2) is 0 Å². The Hall–Kier alpha value is -1.60. The van der Waals surface area contributed by atoms with Gasteiger partial charge in [0, 0.05) is 32.8 Å². The lowest BCUT2D eigenvalue weighted by atomic mass is 10.1. The van der Waals surface area contributed by atoms with Crippen molar-refractivity contribution in [3.63, 3.8) is 0 Å². The highest BCUT2D eigenvalue weighted by molar-refractivity contribution is 5.80. The van der Waals surface area contributed by atoms with E-state index in [1.165, 1.54) is 19.2 Å². The van der Waals surface area contributed by atoms with Crippen molar-refractivity contribution in [2.75, 3.05) is 20.2 Å². The number of carbonyl (C=O) groups is 1. The van der Waals surface area contributed by atoms with Crippen molar-refractivity contribution in [3.05, 3.63) is 35.4 Å². The zero-order valence-corrected chi connectivity index (χ0v) is 13.2. The number of carbonyl (C=O) groups excluding carboxylic acids is 1. The fourth-order valence-electron chi connectivity index (χ4n) is 2.58. The molecule has 1 aliphatic rings. The molecule has 23 heavy (non-hydrogen) atoms. The minimum absolute atomic E-state index is 0.0505. The zero-order valence-electron chi connectivity index (χ0n) is 13.2. The molecule has 1 fully saturated rings. The summed E-state index contributed by atoms with van der Waals surface area (Å²) in [7, 11) is 1.48. The van der Waals surface area contributed by atoms with Gasteiger partial charge in [0.15, 0.2) is 0 Å². The topological polar surface area (TPSA) is 41.6 Å². The second-order valence-corrected chi connectivity index (χ2v) is 5.80. The number of nitrogens with zero attached hydrogens (tertiary/aromatic N) is 1. The standard InChI is InChI=1S/C16H21F3N2O2/c1-11(23-2)15(22)20-14-7-8-21(10-14)9-12-3-5-13(6-4-12)16(17,18)19/h3-6,11,14H,7-10H2,1-2H3,(H,20,22)/t11-,14-/m1/s1. The van der Waals surface area contributed by atoms with Gasteiger partial charge in [0.1, 0.15) is 6.10 Å². The number of hydrogen-bond acceptors (Lipinski definition) is 3. The van der Waals surface area contributed by atoms with E-state index in [0.29, 0.717) is 13.1 Å². The normalized spacial score (nSPS) is 20.5. The molecule has 2 rings (SSSR count). The molecule has 7 heteroatoms. The first kappa shape index (κ1) is 17.7. The first-order valence-electron chi connectivity index (χ1n) is 7.51. The Balaban J connectivity index is 1.85. The molecule has 0 radical (unpaired) electrons. The molecule has 128 valence electrons. The van der Waals surface area contributed by atoms with Gasteiger partial charge >= 0.3 is 6.18 Å². The molecular formula is C16H21F3N2O2. The van der Waals surface area contributed by atoms with Crippen LogP contribution in [0.25, 0.3) is 0 Å². The number of likely N-dealkylation sites (tertiary alicyclic amines) is 1. The highest BCUT2D eigenvalue weighted by atomic mass is 19.4. The number of benzene rings is 1. The number of methoxy groups -OCH3 is 1.